The van der Waals surface area contributed by atoms with Gasteiger partial charge in [0, 0.05) is 17.9 Å². The standard InChI is InChI=1S/C25H23F3N6O2/c1-16-21(23(35)36-12-11-32(2)3)22(18-9-7-17(14-29)8-10-18)34-24(30-15-31-34)33(16)20-6-4-5-19(13-20)25(26,27)28/h4-10,13,15,22H,11-12H2,1-3H3. The molecule has 36 heavy (non-hydrogen) atoms. The number of carbonyl (C=O) groups is 1. The van der Waals surface area contributed by atoms with Gasteiger partial charge < -0.3 is 9.64 Å². The summed E-state index contributed by atoms with van der Waals surface area (Å²) < 4.78 is 47.4. The summed E-state index contributed by atoms with van der Waals surface area (Å²) in [6.45, 7) is 2.25. The number of alkyl halides is 3. The smallest absolute Gasteiger partial charge is 0.416 e. The van der Waals surface area contributed by atoms with Gasteiger partial charge in [0.05, 0.1) is 22.8 Å². The molecule has 0 amide bonds. The van der Waals surface area contributed by atoms with Gasteiger partial charge in [0.15, 0.2) is 0 Å². The molecule has 0 fully saturated rings. The quantitative estimate of drug-likeness (QED) is 0.471. The third kappa shape index (κ3) is 4.81. The lowest BCUT2D eigenvalue weighted by atomic mass is 9.94. The summed E-state index contributed by atoms with van der Waals surface area (Å²) in [5.41, 5.74) is 0.989. The molecule has 0 bridgehead atoms. The minimum absolute atomic E-state index is 0.122. The third-order valence-electron chi connectivity index (χ3n) is 5.78. The summed E-state index contributed by atoms with van der Waals surface area (Å²) in [6.07, 6.45) is -3.27. The molecule has 2 heterocycles. The van der Waals surface area contributed by atoms with Gasteiger partial charge in [-0.2, -0.15) is 28.5 Å². The first-order valence-corrected chi connectivity index (χ1v) is 11.0. The van der Waals surface area contributed by atoms with E-state index in [1.165, 1.54) is 28.0 Å². The van der Waals surface area contributed by atoms with Gasteiger partial charge in [-0.05, 0) is 56.9 Å². The Kier molecular flexibility index (Phi) is 6.81. The van der Waals surface area contributed by atoms with Crippen molar-refractivity contribution >= 4 is 17.6 Å². The van der Waals surface area contributed by atoms with E-state index in [-0.39, 0.29) is 23.8 Å². The molecule has 1 atom stereocenters. The first-order valence-electron chi connectivity index (χ1n) is 11.0. The number of fused-ring (bicyclic) bond motifs is 1. The highest BCUT2D eigenvalue weighted by molar-refractivity contribution is 5.93. The van der Waals surface area contributed by atoms with Crippen LogP contribution in [-0.4, -0.2) is 52.9 Å². The zero-order valence-corrected chi connectivity index (χ0v) is 19.8. The van der Waals surface area contributed by atoms with Crippen LogP contribution in [0.15, 0.2) is 66.1 Å². The van der Waals surface area contributed by atoms with Crippen LogP contribution in [0.25, 0.3) is 0 Å². The van der Waals surface area contributed by atoms with Crippen LogP contribution in [0.4, 0.5) is 24.8 Å². The molecule has 0 saturated carbocycles. The molecular formula is C25H23F3N6O2. The Balaban J connectivity index is 1.87. The van der Waals surface area contributed by atoms with Crippen LogP contribution in [-0.2, 0) is 15.7 Å². The van der Waals surface area contributed by atoms with Crippen LogP contribution in [0, 0.1) is 11.3 Å². The van der Waals surface area contributed by atoms with Crippen LogP contribution in [0.3, 0.4) is 0 Å². The maximum absolute atomic E-state index is 13.5. The van der Waals surface area contributed by atoms with Crippen molar-refractivity contribution in [2.75, 3.05) is 32.1 Å². The summed E-state index contributed by atoms with van der Waals surface area (Å²) in [5, 5.41) is 13.5. The number of anilines is 2. The Bertz CT molecular complexity index is 1340. The number of benzene rings is 2. The number of esters is 1. The lowest BCUT2D eigenvalue weighted by molar-refractivity contribution is -0.140. The van der Waals surface area contributed by atoms with Gasteiger partial charge in [0.25, 0.3) is 0 Å². The van der Waals surface area contributed by atoms with Gasteiger partial charge in [-0.1, -0.05) is 18.2 Å². The average Bonchev–Trinajstić information content (AvgIpc) is 3.31. The first kappa shape index (κ1) is 24.9. The van der Waals surface area contributed by atoms with Gasteiger partial charge in [-0.3, -0.25) is 4.90 Å². The Labute approximate surface area is 205 Å². The molecule has 0 saturated heterocycles. The molecule has 1 aliphatic heterocycles. The van der Waals surface area contributed by atoms with Crippen LogP contribution < -0.4 is 4.90 Å². The summed E-state index contributed by atoms with van der Waals surface area (Å²) in [5.74, 6) is -0.382. The maximum Gasteiger partial charge on any atom is 0.416 e. The highest BCUT2D eigenvalue weighted by Gasteiger charge is 2.39. The van der Waals surface area contributed by atoms with Crippen LogP contribution >= 0.6 is 0 Å². The van der Waals surface area contributed by atoms with E-state index >= 15 is 0 Å². The number of allylic oxidation sites excluding steroid dienone is 1. The molecule has 1 unspecified atom stereocenters. The number of nitrogens with zero attached hydrogens (tertiary/aromatic N) is 6. The number of ether oxygens (including phenoxy) is 1. The van der Waals surface area contributed by atoms with Crippen LogP contribution in [0.5, 0.6) is 0 Å². The van der Waals surface area contributed by atoms with Crippen molar-refractivity contribution in [3.8, 4) is 6.07 Å². The SMILES string of the molecule is CC1=C(C(=O)OCCN(C)C)C(c2ccc(C#N)cc2)n2ncnc2N1c1cccc(C(F)(F)F)c1. The number of nitriles is 1. The van der Waals surface area contributed by atoms with Crippen molar-refractivity contribution in [1.29, 1.82) is 5.26 Å². The number of rotatable bonds is 6. The van der Waals surface area contributed by atoms with E-state index in [4.69, 9.17) is 4.74 Å². The van der Waals surface area contributed by atoms with Crippen molar-refractivity contribution in [3.05, 3.63) is 82.8 Å². The fourth-order valence-corrected chi connectivity index (χ4v) is 4.01. The Hall–Kier alpha value is -4.17. The first-order chi connectivity index (χ1) is 17.1. The number of hydrogen-bond acceptors (Lipinski definition) is 7. The Morgan fingerprint density at radius 3 is 2.56 bits per heavy atom. The number of likely N-dealkylation sites (N-methyl/N-ethyl adjacent to an activating group) is 1. The molecule has 11 heteroatoms. The Morgan fingerprint density at radius 1 is 1.19 bits per heavy atom. The second kappa shape index (κ2) is 9.83. The molecule has 1 aliphatic rings. The predicted octanol–water partition coefficient (Wildman–Crippen LogP) is 4.29. The molecule has 2 aromatic carbocycles. The molecule has 8 nitrogen and oxygen atoms in total. The average molecular weight is 496 g/mol. The van der Waals surface area contributed by atoms with Crippen molar-refractivity contribution in [3.63, 3.8) is 0 Å². The summed E-state index contributed by atoms with van der Waals surface area (Å²) in [6, 6.07) is 12.7. The minimum Gasteiger partial charge on any atom is -0.461 e. The summed E-state index contributed by atoms with van der Waals surface area (Å²) in [4.78, 5) is 21.0. The lowest BCUT2D eigenvalue weighted by Crippen LogP contribution is -2.35. The molecule has 0 radical (unpaired) electrons. The van der Waals surface area contributed by atoms with Gasteiger partial charge in [0.2, 0.25) is 5.95 Å². The topological polar surface area (TPSA) is 87.3 Å². The molecule has 186 valence electrons. The van der Waals surface area contributed by atoms with Crippen molar-refractivity contribution in [1.82, 2.24) is 19.7 Å². The Morgan fingerprint density at radius 2 is 1.92 bits per heavy atom. The van der Waals surface area contributed by atoms with E-state index in [9.17, 15) is 23.2 Å². The van der Waals surface area contributed by atoms with E-state index in [2.05, 4.69) is 16.2 Å². The zero-order chi connectivity index (χ0) is 26.0. The predicted molar refractivity (Wildman–Crippen MR) is 125 cm³/mol. The molecule has 0 spiro atoms. The minimum atomic E-state index is -4.55. The van der Waals surface area contributed by atoms with Crippen molar-refractivity contribution in [2.45, 2.75) is 19.1 Å². The second-order valence-corrected chi connectivity index (χ2v) is 8.46. The molecular weight excluding hydrogens is 473 g/mol. The normalized spacial score (nSPS) is 15.6. The number of halogens is 3. The highest BCUT2D eigenvalue weighted by atomic mass is 19.4. The van der Waals surface area contributed by atoms with Gasteiger partial charge >= 0.3 is 12.1 Å². The van der Waals surface area contributed by atoms with Gasteiger partial charge in [-0.25, -0.2) is 9.48 Å². The van der Waals surface area contributed by atoms with Crippen LogP contribution in [0.1, 0.15) is 29.7 Å². The van der Waals surface area contributed by atoms with E-state index in [0.29, 0.717) is 23.4 Å². The van der Waals surface area contributed by atoms with Gasteiger partial charge in [0.1, 0.15) is 19.0 Å². The van der Waals surface area contributed by atoms with Crippen LogP contribution in [0.2, 0.25) is 0 Å². The van der Waals surface area contributed by atoms with E-state index in [0.717, 1.165) is 12.1 Å². The second-order valence-electron chi connectivity index (χ2n) is 8.46. The lowest BCUT2D eigenvalue weighted by Gasteiger charge is -2.35. The largest absolute Gasteiger partial charge is 0.461 e. The van der Waals surface area contributed by atoms with E-state index < -0.39 is 23.8 Å². The fraction of sp³-hybridized carbons (Fsp3) is 0.280. The summed E-state index contributed by atoms with van der Waals surface area (Å²) >= 11 is 0. The van der Waals surface area contributed by atoms with E-state index in [1.807, 2.05) is 19.0 Å². The van der Waals surface area contributed by atoms with Crippen molar-refractivity contribution in [2.24, 2.45) is 0 Å². The fourth-order valence-electron chi connectivity index (χ4n) is 4.01. The molecule has 3 aromatic rings. The maximum atomic E-state index is 13.5. The zero-order valence-electron chi connectivity index (χ0n) is 19.8. The molecule has 1 aromatic heterocycles. The molecule has 0 N–H and O–H groups in total. The number of aromatic nitrogens is 3. The van der Waals surface area contributed by atoms with Crippen molar-refractivity contribution < 1.29 is 22.7 Å². The van der Waals surface area contributed by atoms with E-state index in [1.54, 1.807) is 31.2 Å². The molecule has 0 aliphatic carbocycles. The monoisotopic (exact) mass is 496 g/mol. The van der Waals surface area contributed by atoms with Gasteiger partial charge in [-0.15, -0.1) is 0 Å². The highest BCUT2D eigenvalue weighted by Crippen LogP contribution is 2.43. The number of hydrogen-bond donors (Lipinski definition) is 0. The summed E-state index contributed by atoms with van der Waals surface area (Å²) in [7, 11) is 3.69. The third-order valence-corrected chi connectivity index (χ3v) is 5.78. The number of carbonyl (C=O) groups excluding carboxylic acids is 1. The molecule has 4 rings (SSSR count).